The molecule has 1 amide bonds. The third-order valence-corrected chi connectivity index (χ3v) is 14.2. The summed E-state index contributed by atoms with van der Waals surface area (Å²) < 4.78 is 47.9. The van der Waals surface area contributed by atoms with E-state index in [0.29, 0.717) is 37.9 Å². The van der Waals surface area contributed by atoms with Gasteiger partial charge in [0.05, 0.1) is 24.8 Å². The van der Waals surface area contributed by atoms with E-state index in [1.807, 2.05) is 20.1 Å². The van der Waals surface area contributed by atoms with E-state index >= 15 is 0 Å². The second-order valence-corrected chi connectivity index (χ2v) is 17.8. The maximum Gasteiger partial charge on any atom is 0.264 e. The molecule has 11 heteroatoms. The fourth-order valence-corrected chi connectivity index (χ4v) is 10.2. The summed E-state index contributed by atoms with van der Waals surface area (Å²) >= 11 is 6.46. The smallest absolute Gasteiger partial charge is 0.264 e. The number of hydrogen-bond donors (Lipinski definition) is 1. The van der Waals surface area contributed by atoms with Crippen LogP contribution in [0.25, 0.3) is 0 Å². The van der Waals surface area contributed by atoms with E-state index in [9.17, 15) is 13.2 Å². The number of amides is 1. The molecule has 2 fully saturated rings. The van der Waals surface area contributed by atoms with Crippen molar-refractivity contribution in [3.63, 3.8) is 0 Å². The van der Waals surface area contributed by atoms with Crippen LogP contribution in [0.2, 0.25) is 5.02 Å². The van der Waals surface area contributed by atoms with Crippen LogP contribution >= 0.6 is 11.6 Å². The van der Waals surface area contributed by atoms with Crippen molar-refractivity contribution in [1.82, 2.24) is 9.62 Å². The SMILES string of the molecule is COc1ccc2cc1N(C[C@]1(C)CCCc3cc(Cl)ccc31)C[C@@H]1CC[C@H]1[C@@](CN1CCCOC1)(OC)/C=C/C[C@H](C)[C@@H](C)S(=O)(=O)NC2=O. The standard InChI is InChI=1S/C39H54ClN3O6S/c1-27-9-6-18-39(48-5,25-42-19-8-20-49-26-42)34-14-11-31(34)23-43(24-38(3)17-7-10-29-21-32(40)13-15-33(29)38)35-22-30(12-16-36(35)47-4)37(44)41-50(45,46)28(27)2/h6,12-13,15-16,18,21-22,27-28,31,34H,7-11,14,17,19-20,23-26H2,1-5H3,(H,41,44)/b18-6+/t27-,28+,31-,34+,38-,39+/m0/s1. The van der Waals surface area contributed by atoms with Gasteiger partial charge >= 0.3 is 0 Å². The van der Waals surface area contributed by atoms with E-state index in [1.54, 1.807) is 32.2 Å². The lowest BCUT2D eigenvalue weighted by Crippen LogP contribution is -2.57. The summed E-state index contributed by atoms with van der Waals surface area (Å²) in [7, 11) is -0.512. The zero-order valence-corrected chi connectivity index (χ0v) is 31.8. The van der Waals surface area contributed by atoms with Crippen LogP contribution in [0.1, 0.15) is 80.8 Å². The molecule has 2 aromatic carbocycles. The van der Waals surface area contributed by atoms with E-state index in [4.69, 9.17) is 25.8 Å². The van der Waals surface area contributed by atoms with Gasteiger partial charge in [-0.2, -0.15) is 0 Å². The molecule has 1 saturated heterocycles. The van der Waals surface area contributed by atoms with Gasteiger partial charge in [0.15, 0.2) is 0 Å². The Hall–Kier alpha value is -2.63. The molecule has 2 heterocycles. The van der Waals surface area contributed by atoms with Crippen LogP contribution in [0, 0.1) is 17.8 Å². The summed E-state index contributed by atoms with van der Waals surface area (Å²) in [5.41, 5.74) is 2.87. The number of hydrogen-bond acceptors (Lipinski definition) is 8. The summed E-state index contributed by atoms with van der Waals surface area (Å²) in [6.07, 6.45) is 10.9. The van der Waals surface area contributed by atoms with Crippen molar-refractivity contribution in [2.45, 2.75) is 82.0 Å². The molecule has 1 saturated carbocycles. The van der Waals surface area contributed by atoms with Crippen molar-refractivity contribution < 1.29 is 27.4 Å². The number of anilines is 1. The molecule has 2 aliphatic carbocycles. The molecular weight excluding hydrogens is 674 g/mol. The molecule has 4 aliphatic rings. The molecule has 0 spiro atoms. The maximum absolute atomic E-state index is 13.6. The van der Waals surface area contributed by atoms with Crippen LogP contribution in [-0.4, -0.2) is 83.8 Å². The summed E-state index contributed by atoms with van der Waals surface area (Å²) in [6, 6.07) is 11.5. The number of nitrogens with zero attached hydrogens (tertiary/aromatic N) is 2. The molecule has 0 unspecified atom stereocenters. The molecular formula is C39H54ClN3O6S. The number of ether oxygens (including phenoxy) is 3. The second kappa shape index (κ2) is 15.2. The number of allylic oxidation sites excluding steroid dienone is 1. The predicted octanol–water partition coefficient (Wildman–Crippen LogP) is 6.58. The largest absolute Gasteiger partial charge is 0.495 e. The van der Waals surface area contributed by atoms with E-state index in [1.165, 1.54) is 11.1 Å². The lowest BCUT2D eigenvalue weighted by Gasteiger charge is -2.52. The van der Waals surface area contributed by atoms with Crippen LogP contribution in [0.15, 0.2) is 48.6 Å². The zero-order chi connectivity index (χ0) is 35.7. The first-order valence-electron chi connectivity index (χ1n) is 18.2. The number of fused-ring (bicyclic) bond motifs is 4. The fourth-order valence-electron chi connectivity index (χ4n) is 8.75. The molecule has 0 aromatic heterocycles. The summed E-state index contributed by atoms with van der Waals surface area (Å²) in [5, 5.41) is -0.0422. The number of halogens is 1. The van der Waals surface area contributed by atoms with Gasteiger partial charge in [0.1, 0.15) is 11.4 Å². The van der Waals surface area contributed by atoms with Crippen LogP contribution < -0.4 is 14.4 Å². The minimum atomic E-state index is -3.96. The van der Waals surface area contributed by atoms with Crippen molar-refractivity contribution >= 4 is 33.2 Å². The highest BCUT2D eigenvalue weighted by Gasteiger charge is 2.49. The number of carbonyl (C=O) groups is 1. The Bertz CT molecular complexity index is 1680. The third kappa shape index (κ3) is 7.61. The third-order valence-electron chi connectivity index (χ3n) is 12.0. The summed E-state index contributed by atoms with van der Waals surface area (Å²) in [4.78, 5) is 18.4. The van der Waals surface area contributed by atoms with Gasteiger partial charge in [0.2, 0.25) is 10.0 Å². The highest BCUT2D eigenvalue weighted by molar-refractivity contribution is 7.90. The topological polar surface area (TPSA) is 97.4 Å². The van der Waals surface area contributed by atoms with Crippen LogP contribution in [0.3, 0.4) is 0 Å². The molecule has 6 atom stereocenters. The van der Waals surface area contributed by atoms with Gasteiger partial charge in [-0.25, -0.2) is 13.1 Å². The van der Waals surface area contributed by atoms with Crippen molar-refractivity contribution in [2.24, 2.45) is 17.8 Å². The quantitative estimate of drug-likeness (QED) is 0.334. The first-order valence-corrected chi connectivity index (χ1v) is 20.1. The number of carbonyl (C=O) groups excluding carboxylic acids is 1. The average Bonchev–Trinajstić information content (AvgIpc) is 3.08. The first-order chi connectivity index (χ1) is 23.9. The Morgan fingerprint density at radius 3 is 2.60 bits per heavy atom. The van der Waals surface area contributed by atoms with Gasteiger partial charge in [-0.05, 0) is 111 Å². The van der Waals surface area contributed by atoms with Gasteiger partial charge in [-0.3, -0.25) is 9.69 Å². The van der Waals surface area contributed by atoms with Gasteiger partial charge in [0, 0.05) is 55.9 Å². The first kappa shape index (κ1) is 37.1. The van der Waals surface area contributed by atoms with Crippen LogP contribution in [-0.2, 0) is 31.3 Å². The lowest BCUT2D eigenvalue weighted by atomic mass is 9.63. The number of rotatable bonds is 6. The molecule has 2 aliphatic heterocycles. The van der Waals surface area contributed by atoms with Crippen molar-refractivity contribution in [2.75, 3.05) is 58.6 Å². The van der Waals surface area contributed by atoms with Crippen LogP contribution in [0.4, 0.5) is 5.69 Å². The predicted molar refractivity (Wildman–Crippen MR) is 199 cm³/mol. The molecule has 2 bridgehead atoms. The Kier molecular flexibility index (Phi) is 11.3. The monoisotopic (exact) mass is 727 g/mol. The zero-order valence-electron chi connectivity index (χ0n) is 30.3. The van der Waals surface area contributed by atoms with Gasteiger partial charge in [-0.15, -0.1) is 0 Å². The number of methoxy groups -OCH3 is 2. The van der Waals surface area contributed by atoms with E-state index in [-0.39, 0.29) is 22.8 Å². The molecule has 274 valence electrons. The number of benzene rings is 2. The van der Waals surface area contributed by atoms with Gasteiger partial charge in [-0.1, -0.05) is 43.7 Å². The normalized spacial score (nSPS) is 32.6. The van der Waals surface area contributed by atoms with Gasteiger partial charge < -0.3 is 19.1 Å². The molecule has 6 rings (SSSR count). The van der Waals surface area contributed by atoms with E-state index in [2.05, 4.69) is 45.7 Å². The summed E-state index contributed by atoms with van der Waals surface area (Å²) in [6.45, 7) is 10.3. The number of sulfonamides is 1. The van der Waals surface area contributed by atoms with E-state index in [0.717, 1.165) is 68.9 Å². The Labute approximate surface area is 303 Å². The molecule has 1 N–H and O–H groups in total. The highest BCUT2D eigenvalue weighted by atomic mass is 35.5. The van der Waals surface area contributed by atoms with Crippen molar-refractivity contribution in [1.29, 1.82) is 0 Å². The molecule has 50 heavy (non-hydrogen) atoms. The van der Waals surface area contributed by atoms with Gasteiger partial charge in [0.25, 0.3) is 5.91 Å². The summed E-state index contributed by atoms with van der Waals surface area (Å²) in [5.74, 6) is 0.297. The average molecular weight is 728 g/mol. The number of nitrogens with one attached hydrogen (secondary N) is 1. The highest BCUT2D eigenvalue weighted by Crippen LogP contribution is 2.48. The Balaban J connectivity index is 1.45. The molecule has 9 nitrogen and oxygen atoms in total. The number of aryl methyl sites for hydroxylation is 1. The van der Waals surface area contributed by atoms with Crippen LogP contribution in [0.5, 0.6) is 5.75 Å². The minimum Gasteiger partial charge on any atom is -0.495 e. The van der Waals surface area contributed by atoms with Crippen molar-refractivity contribution in [3.05, 3.63) is 70.3 Å². The lowest BCUT2D eigenvalue weighted by molar-refractivity contribution is -0.115. The Morgan fingerprint density at radius 2 is 1.90 bits per heavy atom. The maximum atomic E-state index is 13.6. The molecule has 0 radical (unpaired) electrons. The van der Waals surface area contributed by atoms with E-state index < -0.39 is 26.8 Å². The molecule has 2 aromatic rings. The fraction of sp³-hybridized carbons (Fsp3) is 0.615. The van der Waals surface area contributed by atoms with Crippen molar-refractivity contribution in [3.8, 4) is 5.75 Å². The minimum absolute atomic E-state index is 0.195. The Morgan fingerprint density at radius 1 is 1.08 bits per heavy atom. The second-order valence-electron chi connectivity index (χ2n) is 15.3.